The molecule has 126 valence electrons. The second-order valence-corrected chi connectivity index (χ2v) is 6.30. The molecule has 5 heteroatoms. The molecule has 0 saturated carbocycles. The minimum absolute atomic E-state index is 0.0226. The predicted octanol–water partition coefficient (Wildman–Crippen LogP) is 2.87. The van der Waals surface area contributed by atoms with Crippen molar-refractivity contribution in [1.82, 2.24) is 4.90 Å². The average molecular weight is 319 g/mol. The number of hydrogen-bond acceptors (Lipinski definition) is 3. The molecule has 0 unspecified atom stereocenters. The number of carboxylic acids is 1. The van der Waals surface area contributed by atoms with E-state index < -0.39 is 12.1 Å². The summed E-state index contributed by atoms with van der Waals surface area (Å²) in [6.45, 7) is 5.13. The number of benzene rings is 1. The maximum Gasteiger partial charge on any atom is 0.303 e. The summed E-state index contributed by atoms with van der Waals surface area (Å²) in [5.41, 5.74) is 1.15. The number of carbonyl (C=O) groups excluding carboxylic acids is 1. The van der Waals surface area contributed by atoms with Crippen LogP contribution in [-0.4, -0.2) is 41.1 Å². The van der Waals surface area contributed by atoms with Crippen molar-refractivity contribution in [3.8, 4) is 5.75 Å². The van der Waals surface area contributed by atoms with E-state index in [0.29, 0.717) is 18.7 Å². The number of aryl methyl sites for hydroxylation is 1. The van der Waals surface area contributed by atoms with Crippen molar-refractivity contribution in [2.45, 2.75) is 45.6 Å². The lowest BCUT2D eigenvalue weighted by Crippen LogP contribution is -2.45. The molecule has 1 aliphatic rings. The lowest BCUT2D eigenvalue weighted by Gasteiger charge is -2.34. The number of carbonyl (C=O) groups is 2. The highest BCUT2D eigenvalue weighted by Crippen LogP contribution is 2.22. The Labute approximate surface area is 137 Å². The largest absolute Gasteiger partial charge is 0.481 e. The van der Waals surface area contributed by atoms with Gasteiger partial charge in [0, 0.05) is 19.5 Å². The van der Waals surface area contributed by atoms with Crippen LogP contribution in [0.2, 0.25) is 0 Å². The summed E-state index contributed by atoms with van der Waals surface area (Å²) in [5.74, 6) is 0.168. The number of ether oxygens (including phenoxy) is 1. The first-order valence-electron chi connectivity index (χ1n) is 8.19. The normalized spacial score (nSPS) is 19.2. The summed E-state index contributed by atoms with van der Waals surface area (Å²) < 4.78 is 5.73. The number of amides is 1. The zero-order valence-corrected chi connectivity index (χ0v) is 13.8. The van der Waals surface area contributed by atoms with Gasteiger partial charge >= 0.3 is 5.97 Å². The van der Waals surface area contributed by atoms with Gasteiger partial charge in [0.25, 0.3) is 5.91 Å². The van der Waals surface area contributed by atoms with Gasteiger partial charge in [-0.2, -0.15) is 0 Å². The minimum atomic E-state index is -0.774. The molecule has 1 fully saturated rings. The van der Waals surface area contributed by atoms with Crippen molar-refractivity contribution in [3.05, 3.63) is 29.8 Å². The zero-order valence-electron chi connectivity index (χ0n) is 13.8. The van der Waals surface area contributed by atoms with E-state index in [-0.39, 0.29) is 18.2 Å². The SMILES string of the molecule is Cc1ccc(O[C@H](C)C(=O)N2CCC[C@@H](CCC(=O)O)C2)cc1. The molecule has 23 heavy (non-hydrogen) atoms. The highest BCUT2D eigenvalue weighted by molar-refractivity contribution is 5.81. The van der Waals surface area contributed by atoms with Crippen LogP contribution in [0.1, 0.15) is 38.2 Å². The number of carboxylic acid groups (broad SMARTS) is 1. The Morgan fingerprint density at radius 3 is 2.70 bits per heavy atom. The highest BCUT2D eigenvalue weighted by Gasteiger charge is 2.27. The molecule has 1 N–H and O–H groups in total. The number of likely N-dealkylation sites (tertiary alicyclic amines) is 1. The predicted molar refractivity (Wildman–Crippen MR) is 87.4 cm³/mol. The van der Waals surface area contributed by atoms with Crippen molar-refractivity contribution < 1.29 is 19.4 Å². The zero-order chi connectivity index (χ0) is 16.8. The molecule has 2 atom stereocenters. The molecule has 1 saturated heterocycles. The second kappa shape index (κ2) is 7.99. The molecule has 0 aromatic heterocycles. The van der Waals surface area contributed by atoms with Gasteiger partial charge in [0.05, 0.1) is 0 Å². The number of aliphatic carboxylic acids is 1. The third-order valence-electron chi connectivity index (χ3n) is 4.28. The van der Waals surface area contributed by atoms with Crippen LogP contribution in [0.25, 0.3) is 0 Å². The summed E-state index contributed by atoms with van der Waals surface area (Å²) in [5, 5.41) is 8.79. The Hall–Kier alpha value is -2.04. The van der Waals surface area contributed by atoms with Crippen molar-refractivity contribution >= 4 is 11.9 Å². The molecular formula is C18H25NO4. The fourth-order valence-electron chi connectivity index (χ4n) is 2.96. The van der Waals surface area contributed by atoms with E-state index in [1.165, 1.54) is 0 Å². The summed E-state index contributed by atoms with van der Waals surface area (Å²) in [6, 6.07) is 7.64. The molecule has 5 nitrogen and oxygen atoms in total. The van der Waals surface area contributed by atoms with Crippen molar-refractivity contribution in [2.24, 2.45) is 5.92 Å². The van der Waals surface area contributed by atoms with E-state index in [4.69, 9.17) is 9.84 Å². The average Bonchev–Trinajstić information content (AvgIpc) is 2.54. The van der Waals surface area contributed by atoms with E-state index in [0.717, 1.165) is 24.9 Å². The lowest BCUT2D eigenvalue weighted by molar-refractivity contribution is -0.140. The maximum absolute atomic E-state index is 12.5. The van der Waals surface area contributed by atoms with Gasteiger partial charge in [-0.15, -0.1) is 0 Å². The van der Waals surface area contributed by atoms with Gasteiger partial charge in [0.1, 0.15) is 5.75 Å². The van der Waals surface area contributed by atoms with Gasteiger partial charge in [0.2, 0.25) is 0 Å². The number of piperidine rings is 1. The molecule has 0 aliphatic carbocycles. The van der Waals surface area contributed by atoms with Crippen LogP contribution < -0.4 is 4.74 Å². The number of rotatable bonds is 6. The van der Waals surface area contributed by atoms with Crippen LogP contribution >= 0.6 is 0 Å². The van der Waals surface area contributed by atoms with Crippen molar-refractivity contribution in [2.75, 3.05) is 13.1 Å². The van der Waals surface area contributed by atoms with Crippen LogP contribution in [-0.2, 0) is 9.59 Å². The van der Waals surface area contributed by atoms with Crippen LogP contribution in [0.4, 0.5) is 0 Å². The monoisotopic (exact) mass is 319 g/mol. The van der Waals surface area contributed by atoms with Gasteiger partial charge in [-0.1, -0.05) is 17.7 Å². The van der Waals surface area contributed by atoms with Crippen LogP contribution in [0.5, 0.6) is 5.75 Å². The third kappa shape index (κ3) is 5.27. The smallest absolute Gasteiger partial charge is 0.303 e. The molecule has 0 bridgehead atoms. The second-order valence-electron chi connectivity index (χ2n) is 6.30. The lowest BCUT2D eigenvalue weighted by atomic mass is 9.93. The first-order valence-corrected chi connectivity index (χ1v) is 8.19. The maximum atomic E-state index is 12.5. The fourth-order valence-corrected chi connectivity index (χ4v) is 2.96. The van der Waals surface area contributed by atoms with Crippen LogP contribution in [0, 0.1) is 12.8 Å². The van der Waals surface area contributed by atoms with E-state index >= 15 is 0 Å². The number of nitrogens with zero attached hydrogens (tertiary/aromatic N) is 1. The van der Waals surface area contributed by atoms with Gasteiger partial charge in [0.15, 0.2) is 6.10 Å². The van der Waals surface area contributed by atoms with E-state index in [9.17, 15) is 9.59 Å². The molecule has 0 spiro atoms. The molecule has 0 radical (unpaired) electrons. The minimum Gasteiger partial charge on any atom is -0.481 e. The van der Waals surface area contributed by atoms with Crippen LogP contribution in [0.3, 0.4) is 0 Å². The Balaban J connectivity index is 1.87. The molecule has 1 aromatic carbocycles. The quantitative estimate of drug-likeness (QED) is 0.875. The van der Waals surface area contributed by atoms with Gasteiger partial charge in [-0.05, 0) is 51.2 Å². The van der Waals surface area contributed by atoms with Gasteiger partial charge in [-0.3, -0.25) is 9.59 Å². The summed E-state index contributed by atoms with van der Waals surface area (Å²) in [6.07, 6.45) is 2.18. The van der Waals surface area contributed by atoms with Gasteiger partial charge in [-0.25, -0.2) is 0 Å². The fraction of sp³-hybridized carbons (Fsp3) is 0.556. The molecule has 2 rings (SSSR count). The summed E-state index contributed by atoms with van der Waals surface area (Å²) in [7, 11) is 0. The summed E-state index contributed by atoms with van der Waals surface area (Å²) in [4.78, 5) is 25.0. The number of hydrogen-bond donors (Lipinski definition) is 1. The molecule has 1 amide bonds. The first-order chi connectivity index (χ1) is 11.0. The van der Waals surface area contributed by atoms with Crippen LogP contribution in [0.15, 0.2) is 24.3 Å². The first kappa shape index (κ1) is 17.3. The Kier molecular flexibility index (Phi) is 6.02. The Morgan fingerprint density at radius 2 is 2.04 bits per heavy atom. The topological polar surface area (TPSA) is 66.8 Å². The highest BCUT2D eigenvalue weighted by atomic mass is 16.5. The van der Waals surface area contributed by atoms with E-state index in [1.54, 1.807) is 6.92 Å². The van der Waals surface area contributed by atoms with Crippen molar-refractivity contribution in [1.29, 1.82) is 0 Å². The van der Waals surface area contributed by atoms with Gasteiger partial charge < -0.3 is 14.7 Å². The Morgan fingerprint density at radius 1 is 1.35 bits per heavy atom. The molecule has 1 heterocycles. The molecular weight excluding hydrogens is 294 g/mol. The van der Waals surface area contributed by atoms with E-state index in [2.05, 4.69) is 0 Å². The standard InChI is InChI=1S/C18H25NO4/c1-13-5-8-16(9-6-13)23-14(2)18(22)19-11-3-4-15(12-19)7-10-17(20)21/h5-6,8-9,14-15H,3-4,7,10-12H2,1-2H3,(H,20,21)/t14-,15+/m1/s1. The van der Waals surface area contributed by atoms with Crippen molar-refractivity contribution in [3.63, 3.8) is 0 Å². The third-order valence-corrected chi connectivity index (χ3v) is 4.28. The van der Waals surface area contributed by atoms with E-state index in [1.807, 2.05) is 36.1 Å². The molecule has 1 aliphatic heterocycles. The Bertz CT molecular complexity index is 540. The molecule has 1 aromatic rings. The summed E-state index contributed by atoms with van der Waals surface area (Å²) >= 11 is 0.